The quantitative estimate of drug-likeness (QED) is 0.607. The zero-order valence-corrected chi connectivity index (χ0v) is 9.08. The van der Waals surface area contributed by atoms with Gasteiger partial charge in [0.2, 0.25) is 0 Å². The molecule has 1 aromatic rings. The molecular weight excluding hydrogens is 216 g/mol. The minimum atomic E-state index is -1.94. The molecule has 2 N–H and O–H groups in total. The number of hydrogen-bond acceptors (Lipinski definition) is 3. The molecule has 1 aromatic carbocycles. The Balaban J connectivity index is 2.97. The number of phenols is 1. The summed E-state index contributed by atoms with van der Waals surface area (Å²) >= 11 is -1.94. The van der Waals surface area contributed by atoms with Crippen molar-refractivity contribution in [2.75, 3.05) is 0 Å². The Morgan fingerprint density at radius 3 is 2.60 bits per heavy atom. The van der Waals surface area contributed by atoms with Crippen LogP contribution in [0.2, 0.25) is 0 Å². The highest BCUT2D eigenvalue weighted by Crippen LogP contribution is 2.20. The molecule has 1 rings (SSSR count). The van der Waals surface area contributed by atoms with E-state index in [1.165, 1.54) is 12.1 Å². The molecule has 0 saturated heterocycles. The van der Waals surface area contributed by atoms with Gasteiger partial charge < -0.3 is 9.66 Å². The van der Waals surface area contributed by atoms with E-state index in [1.807, 2.05) is 0 Å². The lowest BCUT2D eigenvalue weighted by molar-refractivity contribution is 0.0985. The van der Waals surface area contributed by atoms with Crippen molar-refractivity contribution in [2.24, 2.45) is 0 Å². The number of ketones is 1. The number of carbonyl (C=O) groups is 1. The summed E-state index contributed by atoms with van der Waals surface area (Å²) in [6, 6.07) is 4.39. The summed E-state index contributed by atoms with van der Waals surface area (Å²) < 4.78 is 19.2. The molecule has 0 bridgehead atoms. The second-order valence-corrected chi connectivity index (χ2v) is 4.03. The SMILES string of the molecule is CCC(=O)c1ccc(CS(=O)O)cc1O. The van der Waals surface area contributed by atoms with E-state index >= 15 is 0 Å². The Morgan fingerprint density at radius 1 is 1.47 bits per heavy atom. The number of benzene rings is 1. The van der Waals surface area contributed by atoms with Crippen molar-refractivity contribution in [3.63, 3.8) is 0 Å². The second-order valence-electron chi connectivity index (χ2n) is 3.09. The number of hydrogen-bond donors (Lipinski definition) is 2. The molecule has 0 spiro atoms. The van der Waals surface area contributed by atoms with Crippen molar-refractivity contribution < 1.29 is 18.7 Å². The average Bonchev–Trinajstić information content (AvgIpc) is 2.16. The Kier molecular flexibility index (Phi) is 3.99. The van der Waals surface area contributed by atoms with E-state index in [0.29, 0.717) is 12.0 Å². The van der Waals surface area contributed by atoms with Gasteiger partial charge in [0.15, 0.2) is 16.9 Å². The molecule has 0 amide bonds. The number of aromatic hydroxyl groups is 1. The molecule has 0 aliphatic heterocycles. The first-order chi connectivity index (χ1) is 7.04. The summed E-state index contributed by atoms with van der Waals surface area (Å²) in [5.41, 5.74) is 0.783. The lowest BCUT2D eigenvalue weighted by atomic mass is 10.1. The van der Waals surface area contributed by atoms with Gasteiger partial charge in [0.25, 0.3) is 0 Å². The summed E-state index contributed by atoms with van der Waals surface area (Å²) in [5.74, 6) is -0.331. The number of phenolic OH excluding ortho intramolecular Hbond substituents is 1. The van der Waals surface area contributed by atoms with Gasteiger partial charge in [-0.15, -0.1) is 0 Å². The molecule has 5 heteroatoms. The minimum Gasteiger partial charge on any atom is -0.507 e. The third kappa shape index (κ3) is 3.14. The molecule has 0 aliphatic carbocycles. The highest BCUT2D eigenvalue weighted by molar-refractivity contribution is 7.78. The molecule has 1 atom stereocenters. The lowest BCUT2D eigenvalue weighted by Crippen LogP contribution is -1.99. The molecule has 0 saturated carbocycles. The zero-order chi connectivity index (χ0) is 11.4. The summed E-state index contributed by atoms with van der Waals surface area (Å²) in [7, 11) is 0. The summed E-state index contributed by atoms with van der Waals surface area (Å²) in [5, 5.41) is 9.50. The van der Waals surface area contributed by atoms with Crippen LogP contribution in [0.4, 0.5) is 0 Å². The Hall–Kier alpha value is -1.20. The van der Waals surface area contributed by atoms with Crippen LogP contribution in [0.25, 0.3) is 0 Å². The van der Waals surface area contributed by atoms with Crippen LogP contribution in [0.1, 0.15) is 29.3 Å². The lowest BCUT2D eigenvalue weighted by Gasteiger charge is -2.04. The largest absolute Gasteiger partial charge is 0.507 e. The Bertz CT molecular complexity index is 400. The van der Waals surface area contributed by atoms with Gasteiger partial charge in [0.05, 0.1) is 11.3 Å². The van der Waals surface area contributed by atoms with Gasteiger partial charge in [-0.1, -0.05) is 13.0 Å². The van der Waals surface area contributed by atoms with Crippen molar-refractivity contribution in [3.8, 4) is 5.75 Å². The summed E-state index contributed by atoms with van der Waals surface area (Å²) in [6.07, 6.45) is 0.318. The smallest absolute Gasteiger partial charge is 0.166 e. The van der Waals surface area contributed by atoms with Gasteiger partial charge in [-0.05, 0) is 17.7 Å². The first kappa shape index (κ1) is 11.9. The van der Waals surface area contributed by atoms with Crippen LogP contribution >= 0.6 is 0 Å². The van der Waals surface area contributed by atoms with Crippen LogP contribution in [0, 0.1) is 0 Å². The van der Waals surface area contributed by atoms with Gasteiger partial charge in [0, 0.05) is 6.42 Å². The van der Waals surface area contributed by atoms with E-state index in [9.17, 15) is 14.1 Å². The predicted molar refractivity (Wildman–Crippen MR) is 57.2 cm³/mol. The number of rotatable bonds is 4. The van der Waals surface area contributed by atoms with E-state index in [4.69, 9.17) is 4.55 Å². The van der Waals surface area contributed by atoms with E-state index < -0.39 is 11.1 Å². The maximum absolute atomic E-state index is 11.3. The number of carbonyl (C=O) groups excluding carboxylic acids is 1. The predicted octanol–water partition coefficient (Wildman–Crippen LogP) is 1.71. The van der Waals surface area contributed by atoms with Crippen LogP contribution in [0.5, 0.6) is 5.75 Å². The molecule has 0 aliphatic rings. The average molecular weight is 228 g/mol. The second kappa shape index (κ2) is 5.04. The molecule has 4 nitrogen and oxygen atoms in total. The molecular formula is C10H12O4S. The van der Waals surface area contributed by atoms with Crippen LogP contribution in [0.3, 0.4) is 0 Å². The molecule has 0 fully saturated rings. The van der Waals surface area contributed by atoms with Crippen molar-refractivity contribution >= 4 is 16.9 Å². The Morgan fingerprint density at radius 2 is 2.13 bits per heavy atom. The zero-order valence-electron chi connectivity index (χ0n) is 8.27. The fourth-order valence-electron chi connectivity index (χ4n) is 1.24. The first-order valence-corrected chi connectivity index (χ1v) is 5.74. The van der Waals surface area contributed by atoms with E-state index in [-0.39, 0.29) is 22.8 Å². The molecule has 82 valence electrons. The topological polar surface area (TPSA) is 74.6 Å². The molecule has 1 unspecified atom stereocenters. The van der Waals surface area contributed by atoms with Crippen LogP contribution in [-0.4, -0.2) is 19.7 Å². The van der Waals surface area contributed by atoms with Crippen molar-refractivity contribution in [3.05, 3.63) is 29.3 Å². The van der Waals surface area contributed by atoms with Crippen molar-refractivity contribution in [2.45, 2.75) is 19.1 Å². The van der Waals surface area contributed by atoms with E-state index in [2.05, 4.69) is 0 Å². The molecule has 15 heavy (non-hydrogen) atoms. The van der Waals surface area contributed by atoms with Crippen LogP contribution < -0.4 is 0 Å². The monoisotopic (exact) mass is 228 g/mol. The standard InChI is InChI=1S/C10H12O4S/c1-2-9(11)8-4-3-7(5-10(8)12)6-15(13)14/h3-5,12H,2,6H2,1H3,(H,13,14). The maximum atomic E-state index is 11.3. The highest BCUT2D eigenvalue weighted by Gasteiger charge is 2.10. The molecule has 0 aromatic heterocycles. The van der Waals surface area contributed by atoms with Gasteiger partial charge >= 0.3 is 0 Å². The minimum absolute atomic E-state index is 0.0475. The number of Topliss-reactive ketones (excluding diaryl/α,β-unsaturated/α-hetero) is 1. The van der Waals surface area contributed by atoms with E-state index in [0.717, 1.165) is 0 Å². The fraction of sp³-hybridized carbons (Fsp3) is 0.300. The molecule has 0 radical (unpaired) electrons. The fourth-order valence-corrected chi connectivity index (χ4v) is 1.70. The van der Waals surface area contributed by atoms with E-state index in [1.54, 1.807) is 13.0 Å². The van der Waals surface area contributed by atoms with Gasteiger partial charge in [-0.25, -0.2) is 4.21 Å². The van der Waals surface area contributed by atoms with Crippen molar-refractivity contribution in [1.29, 1.82) is 0 Å². The van der Waals surface area contributed by atoms with Crippen LogP contribution in [-0.2, 0) is 16.8 Å². The highest BCUT2D eigenvalue weighted by atomic mass is 32.2. The Labute approximate surface area is 90.2 Å². The summed E-state index contributed by atoms with van der Waals surface area (Å²) in [6.45, 7) is 1.71. The van der Waals surface area contributed by atoms with Crippen molar-refractivity contribution in [1.82, 2.24) is 0 Å². The van der Waals surface area contributed by atoms with Gasteiger partial charge in [0.1, 0.15) is 5.75 Å². The maximum Gasteiger partial charge on any atom is 0.166 e. The third-order valence-corrected chi connectivity index (χ3v) is 2.55. The van der Waals surface area contributed by atoms with Gasteiger partial charge in [-0.3, -0.25) is 4.79 Å². The third-order valence-electron chi connectivity index (χ3n) is 1.97. The van der Waals surface area contributed by atoms with Crippen LogP contribution in [0.15, 0.2) is 18.2 Å². The summed E-state index contributed by atoms with van der Waals surface area (Å²) in [4.78, 5) is 11.3. The normalized spacial score (nSPS) is 12.4. The van der Waals surface area contributed by atoms with Gasteiger partial charge in [-0.2, -0.15) is 0 Å². The first-order valence-electron chi connectivity index (χ1n) is 4.47. The molecule has 0 heterocycles.